The largest absolute Gasteiger partial charge is 0.365 e. The Morgan fingerprint density at radius 1 is 1.38 bits per heavy atom. The summed E-state index contributed by atoms with van der Waals surface area (Å²) in [5.74, 6) is -0.743. The molecule has 1 heterocycles. The summed E-state index contributed by atoms with van der Waals surface area (Å²) < 4.78 is 14.1. The van der Waals surface area contributed by atoms with E-state index >= 15 is 0 Å². The van der Waals surface area contributed by atoms with Gasteiger partial charge in [-0.2, -0.15) is 0 Å². The molecule has 7 heteroatoms. The Labute approximate surface area is 123 Å². The lowest BCUT2D eigenvalue weighted by Gasteiger charge is -2.28. The van der Waals surface area contributed by atoms with Crippen LogP contribution in [-0.2, 0) is 0 Å². The van der Waals surface area contributed by atoms with E-state index in [9.17, 15) is 9.18 Å². The van der Waals surface area contributed by atoms with E-state index in [0.29, 0.717) is 5.82 Å². The average molecular weight is 295 g/mol. The maximum Gasteiger partial charge on any atom is 0.252 e. The maximum absolute atomic E-state index is 14.1. The molecule has 5 N–H and O–H groups in total. The molecule has 1 fully saturated rings. The Morgan fingerprint density at radius 2 is 2.00 bits per heavy atom. The van der Waals surface area contributed by atoms with E-state index in [1.807, 2.05) is 0 Å². The van der Waals surface area contributed by atoms with Crippen molar-refractivity contribution in [2.24, 2.45) is 11.5 Å². The zero-order valence-corrected chi connectivity index (χ0v) is 12.4. The zero-order chi connectivity index (χ0) is 15.6. The van der Waals surface area contributed by atoms with Gasteiger partial charge in [0.05, 0.1) is 5.56 Å². The van der Waals surface area contributed by atoms with Gasteiger partial charge in [-0.1, -0.05) is 0 Å². The van der Waals surface area contributed by atoms with E-state index in [4.69, 9.17) is 11.5 Å². The second-order valence-corrected chi connectivity index (χ2v) is 5.70. The molecule has 6 nitrogen and oxygen atoms in total. The van der Waals surface area contributed by atoms with Crippen LogP contribution < -0.4 is 21.7 Å². The second-order valence-electron chi connectivity index (χ2n) is 5.70. The molecule has 1 amide bonds. The Kier molecular flexibility index (Phi) is 4.62. The quantitative estimate of drug-likeness (QED) is 0.772. The van der Waals surface area contributed by atoms with E-state index in [1.54, 1.807) is 19.0 Å². The summed E-state index contributed by atoms with van der Waals surface area (Å²) in [6, 6.07) is 1.53. The van der Waals surface area contributed by atoms with E-state index < -0.39 is 11.7 Å². The van der Waals surface area contributed by atoms with E-state index in [1.165, 1.54) is 0 Å². The number of carbonyl (C=O) groups is 1. The smallest absolute Gasteiger partial charge is 0.252 e. The predicted octanol–water partition coefficient (Wildman–Crippen LogP) is 1.07. The number of halogens is 1. The highest BCUT2D eigenvalue weighted by molar-refractivity contribution is 5.98. The lowest BCUT2D eigenvalue weighted by atomic mass is 9.92. The first-order valence-electron chi connectivity index (χ1n) is 7.08. The van der Waals surface area contributed by atoms with Crippen LogP contribution in [0.3, 0.4) is 0 Å². The van der Waals surface area contributed by atoms with Gasteiger partial charge in [-0.15, -0.1) is 0 Å². The molecule has 0 spiro atoms. The van der Waals surface area contributed by atoms with Crippen LogP contribution in [0.5, 0.6) is 0 Å². The molecule has 116 valence electrons. The van der Waals surface area contributed by atoms with E-state index in [2.05, 4.69) is 10.3 Å². The number of amides is 1. The number of nitrogens with one attached hydrogen (secondary N) is 1. The summed E-state index contributed by atoms with van der Waals surface area (Å²) >= 11 is 0. The molecule has 0 bridgehead atoms. The third-order valence-electron chi connectivity index (χ3n) is 3.76. The van der Waals surface area contributed by atoms with Crippen molar-refractivity contribution in [2.75, 3.05) is 24.3 Å². The van der Waals surface area contributed by atoms with Gasteiger partial charge in [0.15, 0.2) is 11.6 Å². The van der Waals surface area contributed by atoms with E-state index in [-0.39, 0.29) is 23.5 Å². The number of rotatable bonds is 4. The zero-order valence-electron chi connectivity index (χ0n) is 12.4. The van der Waals surface area contributed by atoms with Gasteiger partial charge < -0.3 is 21.7 Å². The first kappa shape index (κ1) is 15.5. The maximum atomic E-state index is 14.1. The van der Waals surface area contributed by atoms with Crippen LogP contribution in [0.4, 0.5) is 16.0 Å². The summed E-state index contributed by atoms with van der Waals surface area (Å²) in [6.45, 7) is 0. The van der Waals surface area contributed by atoms with Gasteiger partial charge in [-0.05, 0) is 31.7 Å². The highest BCUT2D eigenvalue weighted by atomic mass is 19.1. The fourth-order valence-corrected chi connectivity index (χ4v) is 2.56. The summed E-state index contributed by atoms with van der Waals surface area (Å²) in [4.78, 5) is 17.2. The topological polar surface area (TPSA) is 97.3 Å². The molecule has 1 aliphatic rings. The summed E-state index contributed by atoms with van der Waals surface area (Å²) in [6.07, 6.45) is 3.60. The fraction of sp³-hybridized carbons (Fsp3) is 0.571. The molecule has 0 unspecified atom stereocenters. The number of nitrogens with zero attached hydrogens (tertiary/aromatic N) is 2. The predicted molar refractivity (Wildman–Crippen MR) is 80.9 cm³/mol. The lowest BCUT2D eigenvalue weighted by Crippen LogP contribution is -2.33. The standard InChI is InChI=1S/C14H22FN5O/c1-20(2)14-10(12(17)21)7-11(15)13(19-14)18-9-5-3-8(16)4-6-9/h7-9H,3-6,16H2,1-2H3,(H2,17,21)(H,18,19)/t8-,9-. The molecule has 0 aliphatic heterocycles. The molecule has 1 aliphatic carbocycles. The van der Waals surface area contributed by atoms with Gasteiger partial charge in [0.25, 0.3) is 5.91 Å². The van der Waals surface area contributed by atoms with Crippen molar-refractivity contribution in [3.05, 3.63) is 17.4 Å². The lowest BCUT2D eigenvalue weighted by molar-refractivity contribution is 0.1000. The number of anilines is 2. The van der Waals surface area contributed by atoms with Crippen molar-refractivity contribution in [1.29, 1.82) is 0 Å². The molecule has 0 radical (unpaired) electrons. The summed E-state index contributed by atoms with van der Waals surface area (Å²) in [5.41, 5.74) is 11.2. The Balaban J connectivity index is 2.23. The van der Waals surface area contributed by atoms with Crippen molar-refractivity contribution in [1.82, 2.24) is 4.98 Å². The van der Waals surface area contributed by atoms with Crippen LogP contribution in [0.1, 0.15) is 36.0 Å². The first-order chi connectivity index (χ1) is 9.88. The van der Waals surface area contributed by atoms with Gasteiger partial charge in [0.1, 0.15) is 5.82 Å². The molecule has 1 aromatic heterocycles. The molecular weight excluding hydrogens is 273 g/mol. The molecule has 0 saturated heterocycles. The van der Waals surface area contributed by atoms with Gasteiger partial charge >= 0.3 is 0 Å². The molecule has 0 atom stereocenters. The minimum atomic E-state index is -0.694. The number of pyridine rings is 1. The van der Waals surface area contributed by atoms with Crippen molar-refractivity contribution < 1.29 is 9.18 Å². The number of primary amides is 1. The Bertz CT molecular complexity index is 526. The van der Waals surface area contributed by atoms with Crippen LogP contribution in [0.2, 0.25) is 0 Å². The van der Waals surface area contributed by atoms with Crippen LogP contribution in [0, 0.1) is 5.82 Å². The van der Waals surface area contributed by atoms with Crippen LogP contribution >= 0.6 is 0 Å². The minimum absolute atomic E-state index is 0.0775. The SMILES string of the molecule is CN(C)c1nc(N[C@H]2CC[C@H](N)CC2)c(F)cc1C(N)=O. The Morgan fingerprint density at radius 3 is 2.52 bits per heavy atom. The first-order valence-corrected chi connectivity index (χ1v) is 7.08. The number of hydrogen-bond acceptors (Lipinski definition) is 5. The third-order valence-corrected chi connectivity index (χ3v) is 3.76. The molecular formula is C14H22FN5O. The molecule has 2 rings (SSSR count). The highest BCUT2D eigenvalue weighted by Gasteiger charge is 2.22. The van der Waals surface area contributed by atoms with Crippen molar-refractivity contribution in [3.63, 3.8) is 0 Å². The third kappa shape index (κ3) is 3.60. The highest BCUT2D eigenvalue weighted by Crippen LogP contribution is 2.25. The van der Waals surface area contributed by atoms with Gasteiger partial charge in [-0.25, -0.2) is 9.37 Å². The van der Waals surface area contributed by atoms with Crippen LogP contribution in [-0.4, -0.2) is 37.1 Å². The van der Waals surface area contributed by atoms with Gasteiger partial charge in [0.2, 0.25) is 0 Å². The van der Waals surface area contributed by atoms with E-state index in [0.717, 1.165) is 31.7 Å². The molecule has 1 aromatic rings. The number of hydrogen-bond donors (Lipinski definition) is 3. The van der Waals surface area contributed by atoms with Crippen molar-refractivity contribution in [2.45, 2.75) is 37.8 Å². The minimum Gasteiger partial charge on any atom is -0.365 e. The molecule has 21 heavy (non-hydrogen) atoms. The number of aromatic nitrogens is 1. The second kappa shape index (κ2) is 6.26. The number of carbonyl (C=O) groups excluding carboxylic acids is 1. The monoisotopic (exact) mass is 295 g/mol. The normalized spacial score (nSPS) is 21.9. The molecule has 0 aromatic carbocycles. The van der Waals surface area contributed by atoms with Crippen molar-refractivity contribution >= 4 is 17.5 Å². The average Bonchev–Trinajstić information content (AvgIpc) is 2.42. The van der Waals surface area contributed by atoms with Gasteiger partial charge in [0, 0.05) is 26.2 Å². The number of nitrogens with two attached hydrogens (primary N) is 2. The van der Waals surface area contributed by atoms with Crippen LogP contribution in [0.15, 0.2) is 6.07 Å². The molecule has 1 saturated carbocycles. The van der Waals surface area contributed by atoms with Crippen molar-refractivity contribution in [3.8, 4) is 0 Å². The summed E-state index contributed by atoms with van der Waals surface area (Å²) in [7, 11) is 3.46. The van der Waals surface area contributed by atoms with Gasteiger partial charge in [-0.3, -0.25) is 4.79 Å². The fourth-order valence-electron chi connectivity index (χ4n) is 2.56. The van der Waals surface area contributed by atoms with Crippen LogP contribution in [0.25, 0.3) is 0 Å². The summed E-state index contributed by atoms with van der Waals surface area (Å²) in [5, 5.41) is 3.11. The Hall–Kier alpha value is -1.89.